The number of nitro benzene ring substituents is 1. The summed E-state index contributed by atoms with van der Waals surface area (Å²) < 4.78 is 10.4. The van der Waals surface area contributed by atoms with Crippen LogP contribution in [0.3, 0.4) is 0 Å². The maximum atomic E-state index is 12.3. The summed E-state index contributed by atoms with van der Waals surface area (Å²) in [7, 11) is 3.79. The third-order valence-electron chi connectivity index (χ3n) is 4.49. The van der Waals surface area contributed by atoms with E-state index in [2.05, 4.69) is 5.32 Å². The Kier molecular flexibility index (Phi) is 6.36. The molecule has 1 heterocycles. The van der Waals surface area contributed by atoms with Gasteiger partial charge in [0.25, 0.3) is 5.69 Å². The van der Waals surface area contributed by atoms with Gasteiger partial charge in [-0.3, -0.25) is 14.9 Å². The normalized spacial score (nSPS) is 13.7. The lowest BCUT2D eigenvalue weighted by Gasteiger charge is -2.25. The highest BCUT2D eigenvalue weighted by Gasteiger charge is 2.22. The van der Waals surface area contributed by atoms with Gasteiger partial charge in [0.05, 0.1) is 22.6 Å². The number of halogens is 1. The summed E-state index contributed by atoms with van der Waals surface area (Å²) in [5, 5.41) is 14.7. The molecule has 9 heteroatoms. The molecule has 0 saturated heterocycles. The van der Waals surface area contributed by atoms with Crippen molar-refractivity contribution in [1.29, 1.82) is 0 Å². The maximum absolute atomic E-state index is 12.3. The maximum Gasteiger partial charge on any atom is 0.280 e. The Labute approximate surface area is 172 Å². The zero-order chi connectivity index (χ0) is 21.0. The van der Waals surface area contributed by atoms with E-state index in [-0.39, 0.29) is 30.0 Å². The van der Waals surface area contributed by atoms with Crippen LogP contribution in [0, 0.1) is 10.1 Å². The molecule has 0 unspecified atom stereocenters. The summed E-state index contributed by atoms with van der Waals surface area (Å²) in [4.78, 5) is 25.0. The molecule has 0 aliphatic carbocycles. The van der Waals surface area contributed by atoms with Crippen LogP contribution >= 0.6 is 11.6 Å². The minimum atomic E-state index is -0.529. The summed E-state index contributed by atoms with van der Waals surface area (Å²) in [6.45, 7) is 0.331. The molecular formula is C20H20ClN3O5. The average Bonchev–Trinajstić information content (AvgIpc) is 3.14. The SMILES string of the molecule is CN(C)[C@@H](CNC(=O)/C=C/c1cc2c(cc1[N+](=O)[O-])OCO2)c1ccccc1Cl. The van der Waals surface area contributed by atoms with Crippen LogP contribution in [0.4, 0.5) is 5.69 Å². The first-order valence-electron chi connectivity index (χ1n) is 8.81. The predicted molar refractivity (Wildman–Crippen MR) is 109 cm³/mol. The molecule has 8 nitrogen and oxygen atoms in total. The topological polar surface area (TPSA) is 93.9 Å². The van der Waals surface area contributed by atoms with Gasteiger partial charge in [0.1, 0.15) is 0 Å². The smallest absolute Gasteiger partial charge is 0.280 e. The van der Waals surface area contributed by atoms with E-state index in [1.807, 2.05) is 37.2 Å². The second-order valence-corrected chi connectivity index (χ2v) is 7.01. The fraction of sp³-hybridized carbons (Fsp3) is 0.250. The largest absolute Gasteiger partial charge is 0.454 e. The van der Waals surface area contributed by atoms with E-state index < -0.39 is 4.92 Å². The van der Waals surface area contributed by atoms with Crippen LogP contribution in [-0.2, 0) is 4.79 Å². The van der Waals surface area contributed by atoms with Crippen molar-refractivity contribution in [2.45, 2.75) is 6.04 Å². The van der Waals surface area contributed by atoms with Crippen molar-refractivity contribution in [2.75, 3.05) is 27.4 Å². The number of likely N-dealkylation sites (N-methyl/N-ethyl adjacent to an activating group) is 1. The molecule has 1 aliphatic heterocycles. The third kappa shape index (κ3) is 4.85. The monoisotopic (exact) mass is 417 g/mol. The number of carbonyl (C=O) groups is 1. The molecule has 1 atom stereocenters. The molecule has 1 N–H and O–H groups in total. The van der Waals surface area contributed by atoms with Gasteiger partial charge < -0.3 is 19.7 Å². The quantitative estimate of drug-likeness (QED) is 0.421. The van der Waals surface area contributed by atoms with Crippen LogP contribution in [0.15, 0.2) is 42.5 Å². The number of amides is 1. The van der Waals surface area contributed by atoms with E-state index in [1.165, 1.54) is 24.3 Å². The fourth-order valence-electron chi connectivity index (χ4n) is 2.98. The van der Waals surface area contributed by atoms with Gasteiger partial charge in [-0.05, 0) is 37.9 Å². The van der Waals surface area contributed by atoms with E-state index >= 15 is 0 Å². The number of fused-ring (bicyclic) bond motifs is 1. The first-order chi connectivity index (χ1) is 13.9. The molecule has 1 amide bonds. The lowest BCUT2D eigenvalue weighted by molar-refractivity contribution is -0.385. The molecule has 0 saturated carbocycles. The van der Waals surface area contributed by atoms with Crippen molar-refractivity contribution >= 4 is 29.3 Å². The third-order valence-corrected chi connectivity index (χ3v) is 4.83. The summed E-state index contributed by atoms with van der Waals surface area (Å²) >= 11 is 6.27. The molecule has 0 spiro atoms. The van der Waals surface area contributed by atoms with Crippen LogP contribution in [0.5, 0.6) is 11.5 Å². The van der Waals surface area contributed by atoms with Crippen molar-refractivity contribution in [3.05, 3.63) is 68.7 Å². The number of nitrogens with zero attached hydrogens (tertiary/aromatic N) is 2. The minimum Gasteiger partial charge on any atom is -0.454 e. The Hall–Kier alpha value is -3.10. The number of rotatable bonds is 7. The Bertz CT molecular complexity index is 961. The Morgan fingerprint density at radius 3 is 2.66 bits per heavy atom. The molecular weight excluding hydrogens is 398 g/mol. The molecule has 3 rings (SSSR count). The number of nitrogens with one attached hydrogen (secondary N) is 1. The van der Waals surface area contributed by atoms with Gasteiger partial charge in [-0.2, -0.15) is 0 Å². The highest BCUT2D eigenvalue weighted by Crippen LogP contribution is 2.38. The summed E-state index contributed by atoms with van der Waals surface area (Å²) in [5.41, 5.74) is 0.986. The van der Waals surface area contributed by atoms with Crippen LogP contribution < -0.4 is 14.8 Å². The van der Waals surface area contributed by atoms with Gasteiger partial charge in [-0.1, -0.05) is 29.8 Å². The molecule has 2 aromatic rings. The second-order valence-electron chi connectivity index (χ2n) is 6.60. The summed E-state index contributed by atoms with van der Waals surface area (Å²) in [5.74, 6) is 0.338. The second kappa shape index (κ2) is 8.93. The summed E-state index contributed by atoms with van der Waals surface area (Å²) in [6.07, 6.45) is 2.64. The Morgan fingerprint density at radius 2 is 2.00 bits per heavy atom. The van der Waals surface area contributed by atoms with Crippen molar-refractivity contribution in [1.82, 2.24) is 10.2 Å². The number of nitro groups is 1. The zero-order valence-electron chi connectivity index (χ0n) is 15.9. The van der Waals surface area contributed by atoms with Gasteiger partial charge in [0.2, 0.25) is 12.7 Å². The molecule has 29 heavy (non-hydrogen) atoms. The van der Waals surface area contributed by atoms with Crippen molar-refractivity contribution in [3.8, 4) is 11.5 Å². The number of ether oxygens (including phenoxy) is 2. The molecule has 0 radical (unpaired) electrons. The fourth-order valence-corrected chi connectivity index (χ4v) is 3.24. The number of hydrogen-bond acceptors (Lipinski definition) is 6. The Balaban J connectivity index is 1.71. The van der Waals surface area contributed by atoms with E-state index in [1.54, 1.807) is 6.07 Å². The van der Waals surface area contributed by atoms with Crippen molar-refractivity contribution < 1.29 is 19.2 Å². The van der Waals surface area contributed by atoms with Gasteiger partial charge in [0, 0.05) is 17.6 Å². The van der Waals surface area contributed by atoms with E-state index in [0.717, 1.165) is 5.56 Å². The lowest BCUT2D eigenvalue weighted by atomic mass is 10.1. The molecule has 152 valence electrons. The van der Waals surface area contributed by atoms with Gasteiger partial charge in [-0.25, -0.2) is 0 Å². The van der Waals surface area contributed by atoms with Gasteiger partial charge >= 0.3 is 0 Å². The number of hydrogen-bond donors (Lipinski definition) is 1. The molecule has 2 aromatic carbocycles. The molecule has 0 fully saturated rings. The predicted octanol–water partition coefficient (Wildman–Crippen LogP) is 3.41. The standard InChI is InChI=1S/C20H20ClN3O5/c1-23(2)17(14-5-3-4-6-15(14)21)11-22-20(25)8-7-13-9-18-19(29-12-28-18)10-16(13)24(26)27/h3-10,17H,11-12H2,1-2H3,(H,22,25)/b8-7+/t17-/m0/s1. The van der Waals surface area contributed by atoms with E-state index in [4.69, 9.17) is 21.1 Å². The first kappa shape index (κ1) is 20.6. The molecule has 1 aliphatic rings. The number of benzene rings is 2. The summed E-state index contributed by atoms with van der Waals surface area (Å²) in [6, 6.07) is 10.1. The number of carbonyl (C=O) groups excluding carboxylic acids is 1. The van der Waals surface area contributed by atoms with Crippen molar-refractivity contribution in [2.24, 2.45) is 0 Å². The van der Waals surface area contributed by atoms with Gasteiger partial charge in [-0.15, -0.1) is 0 Å². The zero-order valence-corrected chi connectivity index (χ0v) is 16.7. The highest BCUT2D eigenvalue weighted by molar-refractivity contribution is 6.31. The van der Waals surface area contributed by atoms with E-state index in [0.29, 0.717) is 23.1 Å². The van der Waals surface area contributed by atoms with Crippen molar-refractivity contribution in [3.63, 3.8) is 0 Å². The van der Waals surface area contributed by atoms with E-state index in [9.17, 15) is 14.9 Å². The van der Waals surface area contributed by atoms with Crippen LogP contribution in [-0.4, -0.2) is 43.2 Å². The molecule has 0 aromatic heterocycles. The Morgan fingerprint density at radius 1 is 1.31 bits per heavy atom. The minimum absolute atomic E-state index is 0.00805. The first-order valence-corrected chi connectivity index (χ1v) is 9.19. The van der Waals surface area contributed by atoms with Crippen LogP contribution in [0.2, 0.25) is 5.02 Å². The van der Waals surface area contributed by atoms with Crippen LogP contribution in [0.1, 0.15) is 17.2 Å². The average molecular weight is 418 g/mol. The lowest BCUT2D eigenvalue weighted by Crippen LogP contribution is -2.33. The van der Waals surface area contributed by atoms with Gasteiger partial charge in [0.15, 0.2) is 11.5 Å². The molecule has 0 bridgehead atoms. The highest BCUT2D eigenvalue weighted by atomic mass is 35.5. The van der Waals surface area contributed by atoms with Crippen LogP contribution in [0.25, 0.3) is 6.08 Å².